The molecule has 0 saturated carbocycles. The second kappa shape index (κ2) is 44.3. The summed E-state index contributed by atoms with van der Waals surface area (Å²) < 4.78 is 33.4. The summed E-state index contributed by atoms with van der Waals surface area (Å²) in [4.78, 5) is 33.6. The first-order valence-corrected chi connectivity index (χ1v) is 25.5. The maximum absolute atomic E-state index is 12.7. The molecule has 59 heavy (non-hydrogen) atoms. The highest BCUT2D eigenvalue weighted by atomic mass is 31.2. The number of rotatable bonds is 46. The molecule has 0 saturated heterocycles. The number of ether oxygens (including phenoxy) is 2. The van der Waals surface area contributed by atoms with Crippen molar-refractivity contribution in [2.24, 2.45) is 5.73 Å². The lowest BCUT2D eigenvalue weighted by Crippen LogP contribution is -2.34. The molecule has 0 rings (SSSR count). The van der Waals surface area contributed by atoms with E-state index >= 15 is 0 Å². The molecule has 3 unspecified atom stereocenters. The molecule has 3 atom stereocenters. The van der Waals surface area contributed by atoms with Crippen LogP contribution in [0.3, 0.4) is 0 Å². The van der Waals surface area contributed by atoms with Crippen LogP contribution in [0.1, 0.15) is 219 Å². The predicted octanol–water partition coefficient (Wildman–Crippen LogP) is 13.7. The average Bonchev–Trinajstić information content (AvgIpc) is 3.21. The molecule has 0 amide bonds. The summed E-state index contributed by atoms with van der Waals surface area (Å²) in [5, 5.41) is 8.91. The molecule has 0 heterocycles. The van der Waals surface area contributed by atoms with E-state index in [4.69, 9.17) is 29.4 Å². The molecular weight excluding hydrogens is 766 g/mol. The number of carbonyl (C=O) groups is 2. The van der Waals surface area contributed by atoms with E-state index in [9.17, 15) is 19.0 Å². The van der Waals surface area contributed by atoms with Crippen LogP contribution in [0.25, 0.3) is 0 Å². The lowest BCUT2D eigenvalue weighted by molar-refractivity contribution is -0.154. The van der Waals surface area contributed by atoms with Crippen LogP contribution in [0.15, 0.2) is 36.5 Å². The van der Waals surface area contributed by atoms with Gasteiger partial charge in [-0.3, -0.25) is 18.6 Å². The van der Waals surface area contributed by atoms with Crippen LogP contribution >= 0.6 is 7.82 Å². The third kappa shape index (κ3) is 44.1. The highest BCUT2D eigenvalue weighted by molar-refractivity contribution is 7.47. The molecule has 11 heteroatoms. The summed E-state index contributed by atoms with van der Waals surface area (Å²) in [7, 11) is -4.62. The van der Waals surface area contributed by atoms with Gasteiger partial charge in [0.2, 0.25) is 0 Å². The van der Waals surface area contributed by atoms with Crippen LogP contribution in [-0.4, -0.2) is 60.5 Å². The molecule has 0 aromatic heterocycles. The van der Waals surface area contributed by atoms with Crippen LogP contribution < -0.4 is 5.73 Å². The summed E-state index contributed by atoms with van der Waals surface area (Å²) >= 11 is 0. The maximum atomic E-state index is 12.7. The first-order valence-electron chi connectivity index (χ1n) is 24.0. The van der Waals surface area contributed by atoms with Gasteiger partial charge in [0, 0.05) is 13.0 Å². The van der Waals surface area contributed by atoms with Gasteiger partial charge in [-0.1, -0.05) is 198 Å². The van der Waals surface area contributed by atoms with Crippen LogP contribution in [0, 0.1) is 0 Å². The second-order valence-electron chi connectivity index (χ2n) is 16.2. The van der Waals surface area contributed by atoms with Crippen molar-refractivity contribution in [3.05, 3.63) is 36.5 Å². The first-order chi connectivity index (χ1) is 28.7. The van der Waals surface area contributed by atoms with E-state index in [1.807, 2.05) is 0 Å². The SMILES string of the molecule is CCCCC/C=C\C/C=C\C/C=C\CCCCCCCCC(=O)OC(COCCCCCCCCCCCCCCCCCCCC)COP(=O)(O)OCC(N)C(=O)O. The minimum Gasteiger partial charge on any atom is -0.480 e. The van der Waals surface area contributed by atoms with Crippen molar-refractivity contribution >= 4 is 19.8 Å². The molecular formula is C48H90NO9P. The standard InChI is InChI=1S/C48H90NO9P/c1-3-5-7-9-11-13-15-17-19-21-23-24-26-28-30-32-34-36-38-40-47(50)58-45(43-56-59(53,54)57-44-46(49)48(51)52)42-55-41-39-37-35-33-31-29-27-25-22-20-18-16-14-12-10-8-6-4-2/h11,13,17,19,23-24,45-46H,3-10,12,14-16,18,20-22,25-44,49H2,1-2H3,(H,51,52)(H,53,54)/b13-11-,19-17-,24-23-. The quantitative estimate of drug-likeness (QED) is 0.0233. The lowest BCUT2D eigenvalue weighted by atomic mass is 10.0. The van der Waals surface area contributed by atoms with Crippen molar-refractivity contribution in [3.63, 3.8) is 0 Å². The third-order valence-electron chi connectivity index (χ3n) is 10.4. The Morgan fingerprint density at radius 1 is 0.542 bits per heavy atom. The average molecular weight is 856 g/mol. The summed E-state index contributed by atoms with van der Waals surface area (Å²) in [6.07, 6.45) is 50.5. The van der Waals surface area contributed by atoms with Crippen molar-refractivity contribution in [1.82, 2.24) is 0 Å². The number of esters is 1. The van der Waals surface area contributed by atoms with Crippen molar-refractivity contribution in [2.75, 3.05) is 26.4 Å². The minimum absolute atomic E-state index is 0.0145. The molecule has 10 nitrogen and oxygen atoms in total. The number of nitrogens with two attached hydrogens (primary N) is 1. The van der Waals surface area contributed by atoms with Gasteiger partial charge < -0.3 is 25.2 Å². The maximum Gasteiger partial charge on any atom is 0.472 e. The number of phosphoric acid groups is 1. The third-order valence-corrected chi connectivity index (χ3v) is 11.4. The number of hydrogen-bond donors (Lipinski definition) is 3. The number of hydrogen-bond acceptors (Lipinski definition) is 8. The van der Waals surface area contributed by atoms with E-state index in [-0.39, 0.29) is 13.0 Å². The van der Waals surface area contributed by atoms with Crippen molar-refractivity contribution < 1.29 is 42.7 Å². The number of aliphatic carboxylic acids is 1. The summed E-state index contributed by atoms with van der Waals surface area (Å²) in [5.74, 6) is -1.79. The molecule has 346 valence electrons. The van der Waals surface area contributed by atoms with Gasteiger partial charge in [-0.15, -0.1) is 0 Å². The predicted molar refractivity (Wildman–Crippen MR) is 245 cm³/mol. The van der Waals surface area contributed by atoms with Gasteiger partial charge in [0.05, 0.1) is 19.8 Å². The smallest absolute Gasteiger partial charge is 0.472 e. The lowest BCUT2D eigenvalue weighted by Gasteiger charge is -2.20. The van der Waals surface area contributed by atoms with E-state index in [0.717, 1.165) is 70.6 Å². The van der Waals surface area contributed by atoms with Gasteiger partial charge in [-0.05, 0) is 51.4 Å². The zero-order chi connectivity index (χ0) is 43.3. The Morgan fingerprint density at radius 3 is 1.42 bits per heavy atom. The van der Waals surface area contributed by atoms with Crippen LogP contribution in [0.2, 0.25) is 0 Å². The highest BCUT2D eigenvalue weighted by Crippen LogP contribution is 2.43. The van der Waals surface area contributed by atoms with Gasteiger partial charge >= 0.3 is 19.8 Å². The normalized spacial score (nSPS) is 14.1. The Balaban J connectivity index is 4.19. The Kier molecular flexibility index (Phi) is 42.9. The summed E-state index contributed by atoms with van der Waals surface area (Å²) in [6.45, 7) is 3.87. The molecule has 0 aliphatic heterocycles. The van der Waals surface area contributed by atoms with Crippen molar-refractivity contribution in [1.29, 1.82) is 0 Å². The number of carboxylic acids is 1. The van der Waals surface area contributed by atoms with Crippen LogP contribution in [0.5, 0.6) is 0 Å². The fourth-order valence-corrected chi connectivity index (χ4v) is 7.45. The van der Waals surface area contributed by atoms with Gasteiger partial charge in [0.1, 0.15) is 12.1 Å². The molecule has 0 aromatic rings. The van der Waals surface area contributed by atoms with Crippen LogP contribution in [-0.2, 0) is 32.7 Å². The van der Waals surface area contributed by atoms with Gasteiger partial charge in [-0.25, -0.2) is 4.57 Å². The minimum atomic E-state index is -4.62. The topological polar surface area (TPSA) is 155 Å². The number of allylic oxidation sites excluding steroid dienone is 6. The zero-order valence-corrected chi connectivity index (χ0v) is 38.7. The molecule has 4 N–H and O–H groups in total. The summed E-state index contributed by atoms with van der Waals surface area (Å²) in [5.41, 5.74) is 5.37. The largest absolute Gasteiger partial charge is 0.480 e. The second-order valence-corrected chi connectivity index (χ2v) is 17.7. The Labute approximate surface area is 361 Å². The van der Waals surface area contributed by atoms with Gasteiger partial charge in [0.15, 0.2) is 0 Å². The molecule has 0 fully saturated rings. The van der Waals surface area contributed by atoms with E-state index < -0.39 is 45.1 Å². The molecule has 0 spiro atoms. The van der Waals surface area contributed by atoms with E-state index in [1.165, 1.54) is 122 Å². The fourth-order valence-electron chi connectivity index (χ4n) is 6.67. The number of unbranched alkanes of at least 4 members (excludes halogenated alkanes) is 26. The van der Waals surface area contributed by atoms with Gasteiger partial charge in [-0.2, -0.15) is 0 Å². The molecule has 0 aliphatic carbocycles. The first kappa shape index (κ1) is 57.2. The fraction of sp³-hybridized carbons (Fsp3) is 0.833. The Hall–Kier alpha value is -1.81. The van der Waals surface area contributed by atoms with E-state index in [2.05, 4.69) is 50.3 Å². The number of carboxylic acid groups (broad SMARTS) is 1. The monoisotopic (exact) mass is 856 g/mol. The van der Waals surface area contributed by atoms with E-state index in [0.29, 0.717) is 13.0 Å². The molecule has 0 aromatic carbocycles. The molecule has 0 aliphatic rings. The van der Waals surface area contributed by atoms with Crippen molar-refractivity contribution in [2.45, 2.75) is 231 Å². The summed E-state index contributed by atoms with van der Waals surface area (Å²) in [6, 6.07) is -1.47. The van der Waals surface area contributed by atoms with Crippen molar-refractivity contribution in [3.8, 4) is 0 Å². The highest BCUT2D eigenvalue weighted by Gasteiger charge is 2.27. The number of carbonyl (C=O) groups excluding carboxylic acids is 1. The van der Waals surface area contributed by atoms with Gasteiger partial charge in [0.25, 0.3) is 0 Å². The number of phosphoric ester groups is 1. The molecule has 0 radical (unpaired) electrons. The Morgan fingerprint density at radius 2 is 0.932 bits per heavy atom. The van der Waals surface area contributed by atoms with Crippen LogP contribution in [0.4, 0.5) is 0 Å². The molecule has 0 bridgehead atoms. The Bertz CT molecular complexity index is 1080. The van der Waals surface area contributed by atoms with E-state index in [1.54, 1.807) is 0 Å². The zero-order valence-electron chi connectivity index (χ0n) is 37.9.